The summed E-state index contributed by atoms with van der Waals surface area (Å²) in [5.74, 6) is -1.42. The molecule has 1 saturated carbocycles. The van der Waals surface area contributed by atoms with Crippen LogP contribution >= 0.6 is 0 Å². The highest BCUT2D eigenvalue weighted by Crippen LogP contribution is 2.30. The van der Waals surface area contributed by atoms with Crippen LogP contribution < -0.4 is 11.1 Å². The molecule has 21 heavy (non-hydrogen) atoms. The summed E-state index contributed by atoms with van der Waals surface area (Å²) in [6.45, 7) is 1.92. The average Bonchev–Trinajstić information content (AvgIpc) is 2.40. The van der Waals surface area contributed by atoms with Gasteiger partial charge in [0, 0.05) is 5.54 Å². The lowest BCUT2D eigenvalue weighted by molar-refractivity contribution is -0.384. The molecular formula is C14H18FN3O3. The molecule has 0 heterocycles. The number of nitrogen functional groups attached to an aromatic ring is 1. The molecule has 2 rings (SSSR count). The third-order valence-electron chi connectivity index (χ3n) is 3.94. The standard InChI is InChI=1S/C14H18FN3O3/c1-14(5-3-2-4-6-14)17-13(19)10-7-9(15)8-11(12(10)16)18(20)21/h7-8H,2-6,16H2,1H3,(H,17,19). The van der Waals surface area contributed by atoms with Crippen LogP contribution in [-0.4, -0.2) is 16.4 Å². The number of carbonyl (C=O) groups excluding carboxylic acids is 1. The van der Waals surface area contributed by atoms with Crippen molar-refractivity contribution in [2.45, 2.75) is 44.6 Å². The first-order valence-electron chi connectivity index (χ1n) is 6.88. The van der Waals surface area contributed by atoms with Crippen LogP contribution in [0.15, 0.2) is 12.1 Å². The lowest BCUT2D eigenvalue weighted by Gasteiger charge is -2.34. The predicted octanol–water partition coefficient (Wildman–Crippen LogP) is 2.77. The monoisotopic (exact) mass is 295 g/mol. The van der Waals surface area contributed by atoms with Crippen LogP contribution in [0, 0.1) is 15.9 Å². The summed E-state index contributed by atoms with van der Waals surface area (Å²) < 4.78 is 13.5. The van der Waals surface area contributed by atoms with Crippen molar-refractivity contribution in [1.29, 1.82) is 0 Å². The topological polar surface area (TPSA) is 98.3 Å². The molecule has 1 fully saturated rings. The Balaban J connectivity index is 2.29. The summed E-state index contributed by atoms with van der Waals surface area (Å²) in [4.78, 5) is 22.3. The van der Waals surface area contributed by atoms with Gasteiger partial charge in [0.25, 0.3) is 11.6 Å². The lowest BCUT2D eigenvalue weighted by Crippen LogP contribution is -2.47. The number of nitro benzene ring substituents is 1. The molecule has 0 unspecified atom stereocenters. The first kappa shape index (κ1) is 15.2. The molecule has 3 N–H and O–H groups in total. The zero-order chi connectivity index (χ0) is 15.6. The van der Waals surface area contributed by atoms with Crippen LogP contribution in [0.3, 0.4) is 0 Å². The largest absolute Gasteiger partial charge is 0.393 e. The fraction of sp³-hybridized carbons (Fsp3) is 0.500. The van der Waals surface area contributed by atoms with Crippen molar-refractivity contribution < 1.29 is 14.1 Å². The number of rotatable bonds is 3. The van der Waals surface area contributed by atoms with E-state index in [1.54, 1.807) is 0 Å². The number of halogens is 1. The Bertz CT molecular complexity index is 583. The van der Waals surface area contributed by atoms with Gasteiger partial charge < -0.3 is 11.1 Å². The highest BCUT2D eigenvalue weighted by molar-refractivity contribution is 6.01. The van der Waals surface area contributed by atoms with Gasteiger partial charge in [0.2, 0.25) is 0 Å². The highest BCUT2D eigenvalue weighted by atomic mass is 19.1. The average molecular weight is 295 g/mol. The Labute approximate surface area is 121 Å². The van der Waals surface area contributed by atoms with Crippen LogP contribution in [0.5, 0.6) is 0 Å². The third kappa shape index (κ3) is 3.29. The molecule has 6 nitrogen and oxygen atoms in total. The van der Waals surface area contributed by atoms with E-state index in [9.17, 15) is 19.3 Å². The van der Waals surface area contributed by atoms with E-state index in [-0.39, 0.29) is 16.8 Å². The Morgan fingerprint density at radius 3 is 2.57 bits per heavy atom. The number of amides is 1. The van der Waals surface area contributed by atoms with Gasteiger partial charge in [0.15, 0.2) is 0 Å². The maximum absolute atomic E-state index is 13.5. The molecule has 114 valence electrons. The molecule has 0 aliphatic heterocycles. The zero-order valence-corrected chi connectivity index (χ0v) is 11.8. The van der Waals surface area contributed by atoms with Crippen LogP contribution in [0.1, 0.15) is 49.4 Å². The second-order valence-corrected chi connectivity index (χ2v) is 5.72. The summed E-state index contributed by atoms with van der Waals surface area (Å²) in [5.41, 5.74) is 4.18. The Hall–Kier alpha value is -2.18. The van der Waals surface area contributed by atoms with Crippen LogP contribution in [0.25, 0.3) is 0 Å². The molecule has 0 radical (unpaired) electrons. The minimum Gasteiger partial charge on any atom is -0.393 e. The Morgan fingerprint density at radius 1 is 1.38 bits per heavy atom. The normalized spacial score (nSPS) is 17.2. The number of nitrogens with one attached hydrogen (secondary N) is 1. The minimum absolute atomic E-state index is 0.187. The maximum Gasteiger partial charge on any atom is 0.295 e. The van der Waals surface area contributed by atoms with Crippen LogP contribution in [0.2, 0.25) is 0 Å². The third-order valence-corrected chi connectivity index (χ3v) is 3.94. The van der Waals surface area contributed by atoms with E-state index in [1.165, 1.54) is 0 Å². The van der Waals surface area contributed by atoms with E-state index >= 15 is 0 Å². The number of nitro groups is 1. The minimum atomic E-state index is -0.852. The molecular weight excluding hydrogens is 277 g/mol. The molecule has 0 saturated heterocycles. The van der Waals surface area contributed by atoms with E-state index in [0.29, 0.717) is 6.07 Å². The molecule has 1 aromatic carbocycles. The summed E-state index contributed by atoms with van der Waals surface area (Å²) >= 11 is 0. The molecule has 0 aromatic heterocycles. The second kappa shape index (κ2) is 5.67. The smallest absolute Gasteiger partial charge is 0.295 e. The van der Waals surface area contributed by atoms with Crippen molar-refractivity contribution in [3.63, 3.8) is 0 Å². The van der Waals surface area contributed by atoms with Crippen molar-refractivity contribution in [1.82, 2.24) is 5.32 Å². The highest BCUT2D eigenvalue weighted by Gasteiger charge is 2.30. The number of anilines is 1. The second-order valence-electron chi connectivity index (χ2n) is 5.72. The number of nitrogens with two attached hydrogens (primary N) is 1. The molecule has 0 bridgehead atoms. The van der Waals surface area contributed by atoms with E-state index in [2.05, 4.69) is 5.32 Å². The van der Waals surface area contributed by atoms with E-state index in [1.807, 2.05) is 6.92 Å². The van der Waals surface area contributed by atoms with Gasteiger partial charge in [-0.1, -0.05) is 19.3 Å². The Kier molecular flexibility index (Phi) is 4.11. The van der Waals surface area contributed by atoms with Gasteiger partial charge in [0.05, 0.1) is 16.6 Å². The molecule has 1 aliphatic carbocycles. The molecule has 1 aliphatic rings. The fourth-order valence-electron chi connectivity index (χ4n) is 2.74. The lowest BCUT2D eigenvalue weighted by atomic mass is 9.83. The number of benzene rings is 1. The number of hydrogen-bond donors (Lipinski definition) is 2. The summed E-state index contributed by atoms with van der Waals surface area (Å²) in [7, 11) is 0. The fourth-order valence-corrected chi connectivity index (χ4v) is 2.74. The van der Waals surface area contributed by atoms with E-state index < -0.39 is 22.3 Å². The van der Waals surface area contributed by atoms with Crippen LogP contribution in [-0.2, 0) is 0 Å². The van der Waals surface area contributed by atoms with Crippen LogP contribution in [0.4, 0.5) is 15.8 Å². The van der Waals surface area contributed by atoms with Gasteiger partial charge in [0.1, 0.15) is 11.5 Å². The zero-order valence-electron chi connectivity index (χ0n) is 11.8. The molecule has 0 spiro atoms. The van der Waals surface area contributed by atoms with Crippen molar-refractivity contribution in [2.24, 2.45) is 0 Å². The SMILES string of the molecule is CC1(NC(=O)c2cc(F)cc([N+](=O)[O-])c2N)CCCCC1. The predicted molar refractivity (Wildman–Crippen MR) is 76.4 cm³/mol. The Morgan fingerprint density at radius 2 is 2.00 bits per heavy atom. The van der Waals surface area contributed by atoms with Gasteiger partial charge >= 0.3 is 0 Å². The number of nitrogens with zero attached hydrogens (tertiary/aromatic N) is 1. The van der Waals surface area contributed by atoms with Crippen molar-refractivity contribution >= 4 is 17.3 Å². The van der Waals surface area contributed by atoms with Gasteiger partial charge in [-0.15, -0.1) is 0 Å². The first-order valence-corrected chi connectivity index (χ1v) is 6.88. The summed E-state index contributed by atoms with van der Waals surface area (Å²) in [6, 6.07) is 1.65. The summed E-state index contributed by atoms with van der Waals surface area (Å²) in [6.07, 6.45) is 4.80. The van der Waals surface area contributed by atoms with E-state index in [4.69, 9.17) is 5.73 Å². The number of hydrogen-bond acceptors (Lipinski definition) is 4. The van der Waals surface area contributed by atoms with Gasteiger partial charge in [-0.2, -0.15) is 0 Å². The molecule has 7 heteroatoms. The van der Waals surface area contributed by atoms with Gasteiger partial charge in [-0.25, -0.2) is 4.39 Å². The van der Waals surface area contributed by atoms with E-state index in [0.717, 1.165) is 38.2 Å². The van der Waals surface area contributed by atoms with Gasteiger partial charge in [-0.05, 0) is 25.8 Å². The first-order chi connectivity index (χ1) is 9.82. The quantitative estimate of drug-likeness (QED) is 0.509. The van der Waals surface area contributed by atoms with Crippen molar-refractivity contribution in [3.8, 4) is 0 Å². The number of carbonyl (C=O) groups is 1. The molecule has 1 aromatic rings. The van der Waals surface area contributed by atoms with Crippen molar-refractivity contribution in [2.75, 3.05) is 5.73 Å². The molecule has 0 atom stereocenters. The summed E-state index contributed by atoms with van der Waals surface area (Å²) in [5, 5.41) is 13.7. The molecule has 1 amide bonds. The van der Waals surface area contributed by atoms with Gasteiger partial charge in [-0.3, -0.25) is 14.9 Å². The maximum atomic E-state index is 13.5. The van der Waals surface area contributed by atoms with Crippen molar-refractivity contribution in [3.05, 3.63) is 33.6 Å².